The molecule has 6 heteroatoms. The quantitative estimate of drug-likeness (QED) is 0.806. The number of fused-ring (bicyclic) bond motifs is 2. The first-order valence-corrected chi connectivity index (χ1v) is 7.50. The second-order valence-corrected chi connectivity index (χ2v) is 5.95. The first-order chi connectivity index (χ1) is 9.83. The van der Waals surface area contributed by atoms with Crippen LogP contribution in [0.15, 0.2) is 18.6 Å². The van der Waals surface area contributed by atoms with Crippen LogP contribution in [0.25, 0.3) is 5.52 Å². The Morgan fingerprint density at radius 3 is 3.20 bits per heavy atom. The zero-order chi connectivity index (χ0) is 13.5. The van der Waals surface area contributed by atoms with Gasteiger partial charge in [0.2, 0.25) is 0 Å². The van der Waals surface area contributed by atoms with Crippen LogP contribution in [-0.4, -0.2) is 51.6 Å². The number of halogens is 1. The van der Waals surface area contributed by atoms with Crippen molar-refractivity contribution in [3.8, 4) is 0 Å². The number of morpholine rings is 1. The van der Waals surface area contributed by atoms with Crippen LogP contribution in [0, 0.1) is 0 Å². The molecule has 5 nitrogen and oxygen atoms in total. The molecule has 0 N–H and O–H groups in total. The molecule has 2 unspecified atom stereocenters. The smallest absolute Gasteiger partial charge is 0.154 e. The minimum atomic E-state index is 0.463. The van der Waals surface area contributed by atoms with Crippen LogP contribution in [0.3, 0.4) is 0 Å². The van der Waals surface area contributed by atoms with E-state index < -0.39 is 0 Å². The molecule has 4 rings (SSSR count). The molecule has 106 valence electrons. The summed E-state index contributed by atoms with van der Waals surface area (Å²) < 4.78 is 7.65. The van der Waals surface area contributed by atoms with Gasteiger partial charge < -0.3 is 4.74 Å². The van der Waals surface area contributed by atoms with Crippen LogP contribution < -0.4 is 0 Å². The maximum absolute atomic E-state index is 6.12. The van der Waals surface area contributed by atoms with E-state index in [2.05, 4.69) is 19.3 Å². The van der Waals surface area contributed by atoms with Gasteiger partial charge in [-0.2, -0.15) is 0 Å². The number of hydrogen-bond donors (Lipinski definition) is 0. The average Bonchev–Trinajstić information content (AvgIpc) is 2.92. The SMILES string of the molecule is Clc1nccn2c(C3CCC4COCCN4C3)ncc12. The Kier molecular flexibility index (Phi) is 3.13. The molecule has 2 saturated heterocycles. The number of rotatable bonds is 1. The zero-order valence-corrected chi connectivity index (χ0v) is 12.0. The van der Waals surface area contributed by atoms with Gasteiger partial charge in [0.15, 0.2) is 5.15 Å². The summed E-state index contributed by atoms with van der Waals surface area (Å²) in [6.45, 7) is 3.83. The molecule has 0 aliphatic carbocycles. The van der Waals surface area contributed by atoms with Gasteiger partial charge in [-0.25, -0.2) is 9.97 Å². The number of hydrogen-bond acceptors (Lipinski definition) is 4. The normalized spacial score (nSPS) is 27.6. The number of aromatic nitrogens is 3. The summed E-state index contributed by atoms with van der Waals surface area (Å²) in [5, 5.41) is 0.520. The molecular formula is C14H17ClN4O. The zero-order valence-electron chi connectivity index (χ0n) is 11.2. The Bertz CT molecular complexity index is 629. The van der Waals surface area contributed by atoms with Gasteiger partial charge in [-0.3, -0.25) is 9.30 Å². The van der Waals surface area contributed by atoms with E-state index in [0.29, 0.717) is 17.1 Å². The third kappa shape index (κ3) is 2.01. The Balaban J connectivity index is 1.65. The third-order valence-electron chi connectivity index (χ3n) is 4.46. The number of nitrogens with zero attached hydrogens (tertiary/aromatic N) is 4. The molecule has 0 saturated carbocycles. The monoisotopic (exact) mass is 292 g/mol. The lowest BCUT2D eigenvalue weighted by Gasteiger charge is -2.41. The molecule has 0 aromatic carbocycles. The van der Waals surface area contributed by atoms with Crippen molar-refractivity contribution in [2.45, 2.75) is 24.8 Å². The number of imidazole rings is 1. The van der Waals surface area contributed by atoms with Crippen molar-refractivity contribution in [1.82, 2.24) is 19.3 Å². The van der Waals surface area contributed by atoms with Crippen LogP contribution >= 0.6 is 11.6 Å². The van der Waals surface area contributed by atoms with Crippen molar-refractivity contribution in [3.63, 3.8) is 0 Å². The fraction of sp³-hybridized carbons (Fsp3) is 0.571. The molecule has 20 heavy (non-hydrogen) atoms. The summed E-state index contributed by atoms with van der Waals surface area (Å²) in [5.41, 5.74) is 0.897. The first kappa shape index (κ1) is 12.6. The van der Waals surface area contributed by atoms with Crippen molar-refractivity contribution in [1.29, 1.82) is 0 Å². The van der Waals surface area contributed by atoms with Crippen molar-refractivity contribution in [2.75, 3.05) is 26.3 Å². The lowest BCUT2D eigenvalue weighted by Crippen LogP contribution is -2.50. The van der Waals surface area contributed by atoms with Crippen LogP contribution in [0.2, 0.25) is 5.15 Å². The van der Waals surface area contributed by atoms with Crippen molar-refractivity contribution in [3.05, 3.63) is 29.6 Å². The van der Waals surface area contributed by atoms with Gasteiger partial charge in [-0.05, 0) is 12.8 Å². The largest absolute Gasteiger partial charge is 0.378 e. The third-order valence-corrected chi connectivity index (χ3v) is 4.75. The van der Waals surface area contributed by atoms with E-state index in [4.69, 9.17) is 16.3 Å². The molecule has 2 aromatic rings. The van der Waals surface area contributed by atoms with Crippen LogP contribution in [0.4, 0.5) is 0 Å². The molecule has 2 atom stereocenters. The second kappa shape index (κ2) is 4.98. The molecule has 4 heterocycles. The van der Waals surface area contributed by atoms with E-state index in [1.54, 1.807) is 6.20 Å². The Morgan fingerprint density at radius 2 is 2.25 bits per heavy atom. The van der Waals surface area contributed by atoms with Gasteiger partial charge in [0, 0.05) is 37.4 Å². The van der Waals surface area contributed by atoms with Gasteiger partial charge >= 0.3 is 0 Å². The maximum atomic E-state index is 6.12. The topological polar surface area (TPSA) is 42.7 Å². The fourth-order valence-electron chi connectivity index (χ4n) is 3.39. The number of piperidine rings is 1. The highest BCUT2D eigenvalue weighted by Gasteiger charge is 2.32. The minimum Gasteiger partial charge on any atom is -0.378 e. The van der Waals surface area contributed by atoms with Gasteiger partial charge in [-0.1, -0.05) is 11.6 Å². The Morgan fingerprint density at radius 1 is 1.30 bits per heavy atom. The summed E-state index contributed by atoms with van der Waals surface area (Å²) in [6, 6.07) is 0.594. The van der Waals surface area contributed by atoms with Crippen molar-refractivity contribution in [2.24, 2.45) is 0 Å². The fourth-order valence-corrected chi connectivity index (χ4v) is 3.59. The lowest BCUT2D eigenvalue weighted by molar-refractivity contribution is -0.0285. The highest BCUT2D eigenvalue weighted by Crippen LogP contribution is 2.31. The molecule has 0 spiro atoms. The van der Waals surface area contributed by atoms with E-state index >= 15 is 0 Å². The Labute approximate surface area is 122 Å². The van der Waals surface area contributed by atoms with Crippen LogP contribution in [-0.2, 0) is 4.74 Å². The first-order valence-electron chi connectivity index (χ1n) is 7.12. The lowest BCUT2D eigenvalue weighted by atomic mass is 9.92. The second-order valence-electron chi connectivity index (χ2n) is 5.59. The van der Waals surface area contributed by atoms with E-state index in [1.165, 1.54) is 6.42 Å². The summed E-state index contributed by atoms with van der Waals surface area (Å²) in [5.74, 6) is 1.57. The van der Waals surface area contributed by atoms with E-state index in [1.807, 2.05) is 12.4 Å². The standard InChI is InChI=1S/C14H17ClN4O/c15-13-12-7-17-14(19(12)4-3-16-13)10-1-2-11-9-20-6-5-18(11)8-10/h3-4,7,10-11H,1-2,5-6,8-9H2. The predicted octanol–water partition coefficient (Wildman–Crippen LogP) is 1.96. The molecule has 0 radical (unpaired) electrons. The molecule has 0 bridgehead atoms. The van der Waals surface area contributed by atoms with E-state index in [0.717, 1.165) is 44.1 Å². The summed E-state index contributed by atoms with van der Waals surface area (Å²) in [4.78, 5) is 11.3. The molecule has 2 fully saturated rings. The Hall–Kier alpha value is -1.17. The highest BCUT2D eigenvalue weighted by atomic mass is 35.5. The molecule has 2 aromatic heterocycles. The summed E-state index contributed by atoms with van der Waals surface area (Å²) >= 11 is 6.12. The van der Waals surface area contributed by atoms with Gasteiger partial charge in [-0.15, -0.1) is 0 Å². The van der Waals surface area contributed by atoms with Crippen molar-refractivity contribution >= 4 is 17.1 Å². The van der Waals surface area contributed by atoms with Gasteiger partial charge in [0.05, 0.1) is 19.4 Å². The maximum Gasteiger partial charge on any atom is 0.154 e. The predicted molar refractivity (Wildman–Crippen MR) is 76.2 cm³/mol. The minimum absolute atomic E-state index is 0.463. The van der Waals surface area contributed by atoms with Crippen LogP contribution in [0.5, 0.6) is 0 Å². The van der Waals surface area contributed by atoms with Crippen LogP contribution in [0.1, 0.15) is 24.6 Å². The molecule has 2 aliphatic heterocycles. The summed E-state index contributed by atoms with van der Waals surface area (Å²) in [7, 11) is 0. The number of ether oxygens (including phenoxy) is 1. The van der Waals surface area contributed by atoms with E-state index in [9.17, 15) is 0 Å². The van der Waals surface area contributed by atoms with Gasteiger partial charge in [0.1, 0.15) is 11.3 Å². The summed E-state index contributed by atoms with van der Waals surface area (Å²) in [6.07, 6.45) is 7.86. The van der Waals surface area contributed by atoms with Gasteiger partial charge in [0.25, 0.3) is 0 Å². The molecule has 0 amide bonds. The molecular weight excluding hydrogens is 276 g/mol. The average molecular weight is 293 g/mol. The van der Waals surface area contributed by atoms with E-state index in [-0.39, 0.29) is 0 Å². The molecule has 2 aliphatic rings. The van der Waals surface area contributed by atoms with Crippen molar-refractivity contribution < 1.29 is 4.74 Å². The highest BCUT2D eigenvalue weighted by molar-refractivity contribution is 6.32.